The normalized spacial score (nSPS) is 31.4. The number of hydrogen-bond donors (Lipinski definition) is 1. The van der Waals surface area contributed by atoms with Gasteiger partial charge < -0.3 is 19.5 Å². The molecule has 0 aromatic carbocycles. The Morgan fingerprint density at radius 2 is 2.21 bits per heavy atom. The molecular weight excluding hydrogens is 246 g/mol. The highest BCUT2D eigenvalue weighted by molar-refractivity contribution is 5.67. The van der Waals surface area contributed by atoms with E-state index in [9.17, 15) is 4.79 Å². The van der Waals surface area contributed by atoms with Crippen molar-refractivity contribution in [3.05, 3.63) is 0 Å². The molecule has 2 aliphatic heterocycles. The maximum absolute atomic E-state index is 11.8. The Balaban J connectivity index is 1.90. The van der Waals surface area contributed by atoms with Gasteiger partial charge in [-0.25, -0.2) is 4.79 Å². The summed E-state index contributed by atoms with van der Waals surface area (Å²) in [6.07, 6.45) is 2.81. The smallest absolute Gasteiger partial charge is 0.407 e. The van der Waals surface area contributed by atoms with Crippen molar-refractivity contribution in [1.82, 2.24) is 5.32 Å². The Morgan fingerprint density at radius 1 is 1.42 bits per heavy atom. The van der Waals surface area contributed by atoms with Gasteiger partial charge in [0.2, 0.25) is 0 Å². The fourth-order valence-electron chi connectivity index (χ4n) is 2.82. The van der Waals surface area contributed by atoms with E-state index in [0.29, 0.717) is 13.2 Å². The monoisotopic (exact) mass is 271 g/mol. The summed E-state index contributed by atoms with van der Waals surface area (Å²) >= 11 is 0. The van der Waals surface area contributed by atoms with E-state index in [4.69, 9.17) is 14.2 Å². The molecule has 5 nitrogen and oxygen atoms in total. The van der Waals surface area contributed by atoms with E-state index in [1.54, 1.807) is 0 Å². The predicted molar refractivity (Wildman–Crippen MR) is 71.1 cm³/mol. The van der Waals surface area contributed by atoms with Crippen LogP contribution in [-0.2, 0) is 14.2 Å². The minimum atomic E-state index is -0.465. The number of amides is 1. The third-order valence-electron chi connectivity index (χ3n) is 3.72. The second-order valence-electron chi connectivity index (χ2n) is 6.52. The van der Waals surface area contributed by atoms with Crippen LogP contribution in [0.25, 0.3) is 0 Å². The van der Waals surface area contributed by atoms with Crippen molar-refractivity contribution in [2.75, 3.05) is 26.4 Å². The minimum Gasteiger partial charge on any atom is -0.444 e. The van der Waals surface area contributed by atoms with E-state index in [-0.39, 0.29) is 17.6 Å². The number of hydrogen-bond acceptors (Lipinski definition) is 4. The standard InChI is InChI=1S/C14H25NO4/c1-13(2,3)19-12(16)15-9-14-6-4-7-18-11(14)5-8-17-10-14/h11H,4-10H2,1-3H3,(H,15,16)/t11-,14-/m0/s1. The van der Waals surface area contributed by atoms with Gasteiger partial charge in [-0.2, -0.15) is 0 Å². The summed E-state index contributed by atoms with van der Waals surface area (Å²) < 4.78 is 16.7. The average molecular weight is 271 g/mol. The molecule has 0 spiro atoms. The molecule has 0 radical (unpaired) electrons. The number of ether oxygens (including phenoxy) is 3. The van der Waals surface area contributed by atoms with Crippen LogP contribution in [0, 0.1) is 5.41 Å². The van der Waals surface area contributed by atoms with Crippen molar-refractivity contribution in [3.8, 4) is 0 Å². The molecule has 0 saturated carbocycles. The van der Waals surface area contributed by atoms with E-state index in [1.165, 1.54) is 0 Å². The molecule has 0 aromatic heterocycles. The zero-order valence-electron chi connectivity index (χ0n) is 12.2. The lowest BCUT2D eigenvalue weighted by atomic mass is 9.74. The van der Waals surface area contributed by atoms with Crippen LogP contribution >= 0.6 is 0 Å². The van der Waals surface area contributed by atoms with E-state index in [2.05, 4.69) is 5.32 Å². The van der Waals surface area contributed by atoms with Crippen LogP contribution in [-0.4, -0.2) is 44.2 Å². The molecule has 2 rings (SSSR count). The molecule has 5 heteroatoms. The van der Waals surface area contributed by atoms with Gasteiger partial charge in [-0.05, 0) is 40.0 Å². The predicted octanol–water partition coefficient (Wildman–Crippen LogP) is 2.10. The first kappa shape index (κ1) is 14.6. The van der Waals surface area contributed by atoms with Crippen LogP contribution < -0.4 is 5.32 Å². The molecule has 0 unspecified atom stereocenters. The summed E-state index contributed by atoms with van der Waals surface area (Å²) in [5.41, 5.74) is -0.541. The van der Waals surface area contributed by atoms with Crippen LogP contribution in [0.5, 0.6) is 0 Å². The maximum atomic E-state index is 11.8. The largest absolute Gasteiger partial charge is 0.444 e. The van der Waals surface area contributed by atoms with Crippen LogP contribution in [0.15, 0.2) is 0 Å². The Labute approximate surface area is 115 Å². The Hall–Kier alpha value is -0.810. The van der Waals surface area contributed by atoms with Gasteiger partial charge in [-0.1, -0.05) is 0 Å². The lowest BCUT2D eigenvalue weighted by molar-refractivity contribution is -0.156. The average Bonchev–Trinajstić information content (AvgIpc) is 2.34. The summed E-state index contributed by atoms with van der Waals surface area (Å²) in [6.45, 7) is 8.38. The third-order valence-corrected chi connectivity index (χ3v) is 3.72. The first-order valence-corrected chi connectivity index (χ1v) is 7.08. The van der Waals surface area contributed by atoms with Gasteiger partial charge in [-0.3, -0.25) is 0 Å². The van der Waals surface area contributed by atoms with E-state index >= 15 is 0 Å². The van der Waals surface area contributed by atoms with Crippen LogP contribution in [0.2, 0.25) is 0 Å². The van der Waals surface area contributed by atoms with E-state index in [1.807, 2.05) is 20.8 Å². The Kier molecular flexibility index (Phi) is 4.36. The summed E-state index contributed by atoms with van der Waals surface area (Å²) in [5.74, 6) is 0. The second kappa shape index (κ2) is 5.67. The number of alkyl carbamates (subject to hydrolysis) is 1. The lowest BCUT2D eigenvalue weighted by Crippen LogP contribution is -2.54. The van der Waals surface area contributed by atoms with Crippen LogP contribution in [0.3, 0.4) is 0 Å². The highest BCUT2D eigenvalue weighted by atomic mass is 16.6. The quantitative estimate of drug-likeness (QED) is 0.835. The van der Waals surface area contributed by atoms with Crippen molar-refractivity contribution >= 4 is 6.09 Å². The molecule has 2 fully saturated rings. The molecule has 1 amide bonds. The van der Waals surface area contributed by atoms with E-state index < -0.39 is 5.60 Å². The molecule has 2 atom stereocenters. The third kappa shape index (κ3) is 3.83. The number of carbonyl (C=O) groups excluding carboxylic acids is 1. The number of carbonyl (C=O) groups is 1. The fourth-order valence-corrected chi connectivity index (χ4v) is 2.82. The summed E-state index contributed by atoms with van der Waals surface area (Å²) in [5, 5.41) is 2.88. The minimum absolute atomic E-state index is 0.0760. The van der Waals surface area contributed by atoms with Crippen LogP contribution in [0.4, 0.5) is 4.79 Å². The van der Waals surface area contributed by atoms with Gasteiger partial charge in [0.1, 0.15) is 5.60 Å². The van der Waals surface area contributed by atoms with Crippen molar-refractivity contribution in [2.45, 2.75) is 51.7 Å². The highest BCUT2D eigenvalue weighted by Crippen LogP contribution is 2.38. The molecule has 2 aliphatic rings. The first-order chi connectivity index (χ1) is 8.91. The molecule has 0 aliphatic carbocycles. The summed E-state index contributed by atoms with van der Waals surface area (Å²) in [6, 6.07) is 0. The number of nitrogens with one attached hydrogen (secondary N) is 1. The number of rotatable bonds is 2. The molecule has 110 valence electrons. The van der Waals surface area contributed by atoms with Gasteiger partial charge in [0.05, 0.1) is 12.7 Å². The molecule has 0 aromatic rings. The molecule has 2 saturated heterocycles. The van der Waals surface area contributed by atoms with Crippen molar-refractivity contribution in [3.63, 3.8) is 0 Å². The molecule has 1 N–H and O–H groups in total. The summed E-state index contributed by atoms with van der Waals surface area (Å²) in [7, 11) is 0. The Bertz CT molecular complexity index is 312. The molecule has 0 bridgehead atoms. The molecular formula is C14H25NO4. The topological polar surface area (TPSA) is 56.8 Å². The molecule has 2 heterocycles. The van der Waals surface area contributed by atoms with Gasteiger partial charge in [0, 0.05) is 25.2 Å². The van der Waals surface area contributed by atoms with Crippen LogP contribution in [0.1, 0.15) is 40.0 Å². The van der Waals surface area contributed by atoms with Gasteiger partial charge >= 0.3 is 6.09 Å². The summed E-state index contributed by atoms with van der Waals surface area (Å²) in [4.78, 5) is 11.8. The SMILES string of the molecule is CC(C)(C)OC(=O)NC[C@]12CCCO[C@H]1CCOC2. The molecule has 19 heavy (non-hydrogen) atoms. The zero-order chi connectivity index (χ0) is 13.9. The van der Waals surface area contributed by atoms with Gasteiger partial charge in [-0.15, -0.1) is 0 Å². The number of fused-ring (bicyclic) bond motifs is 1. The van der Waals surface area contributed by atoms with E-state index in [0.717, 1.165) is 32.5 Å². The Morgan fingerprint density at radius 3 is 2.95 bits per heavy atom. The fraction of sp³-hybridized carbons (Fsp3) is 0.929. The highest BCUT2D eigenvalue weighted by Gasteiger charge is 2.44. The van der Waals surface area contributed by atoms with Gasteiger partial charge in [0.15, 0.2) is 0 Å². The van der Waals surface area contributed by atoms with Crippen molar-refractivity contribution in [2.24, 2.45) is 5.41 Å². The second-order valence-corrected chi connectivity index (χ2v) is 6.52. The lowest BCUT2D eigenvalue weighted by Gasteiger charge is -2.46. The first-order valence-electron chi connectivity index (χ1n) is 7.08. The van der Waals surface area contributed by atoms with Crippen molar-refractivity contribution < 1.29 is 19.0 Å². The maximum Gasteiger partial charge on any atom is 0.407 e. The van der Waals surface area contributed by atoms with Gasteiger partial charge in [0.25, 0.3) is 0 Å². The zero-order valence-corrected chi connectivity index (χ0v) is 12.2. The van der Waals surface area contributed by atoms with Crippen molar-refractivity contribution in [1.29, 1.82) is 0 Å².